The van der Waals surface area contributed by atoms with Crippen molar-refractivity contribution in [2.45, 2.75) is 66.9 Å². The minimum absolute atomic E-state index is 0. The van der Waals surface area contributed by atoms with Gasteiger partial charge < -0.3 is 27.6 Å². The number of carboxylic acids is 1. The number of nitrogens with two attached hydrogens (primary N) is 3. The number of fused-ring (bicyclic) bond motifs is 2. The molecule has 0 spiro atoms. The molecule has 1 unspecified atom stereocenters. The smallest absolute Gasteiger partial charge is 0.335 e. The number of aromatic nitrogens is 6. The van der Waals surface area contributed by atoms with Gasteiger partial charge in [-0.25, -0.2) is 14.8 Å². The van der Waals surface area contributed by atoms with Gasteiger partial charge in [-0.3, -0.25) is 24.7 Å². The van der Waals surface area contributed by atoms with Crippen molar-refractivity contribution >= 4 is 80.9 Å². The van der Waals surface area contributed by atoms with E-state index in [1.54, 1.807) is 43.7 Å². The van der Waals surface area contributed by atoms with Gasteiger partial charge in [0.15, 0.2) is 0 Å². The van der Waals surface area contributed by atoms with E-state index in [9.17, 15) is 9.59 Å². The number of aryl methyl sites for hydroxylation is 3. The van der Waals surface area contributed by atoms with Crippen molar-refractivity contribution in [3.63, 3.8) is 0 Å². The summed E-state index contributed by atoms with van der Waals surface area (Å²) in [4.78, 5) is 49.4. The molecule has 1 atom stereocenters. The highest BCUT2D eigenvalue weighted by atomic mass is 35.5. The molecule has 8 N–H and O–H groups in total. The first-order chi connectivity index (χ1) is 31.6. The Balaban J connectivity index is 0.000000234. The Hall–Kier alpha value is -6.77. The van der Waals surface area contributed by atoms with Crippen LogP contribution in [0.1, 0.15) is 99.5 Å². The van der Waals surface area contributed by atoms with Crippen LogP contribution in [-0.2, 0) is 19.4 Å². The molecule has 13 nitrogen and oxygen atoms in total. The van der Waals surface area contributed by atoms with Crippen LogP contribution >= 0.6 is 35.6 Å². The summed E-state index contributed by atoms with van der Waals surface area (Å²) < 4.78 is 6.21. The third-order valence-electron chi connectivity index (χ3n) is 10.1. The van der Waals surface area contributed by atoms with Gasteiger partial charge in [-0.1, -0.05) is 55.2 Å². The Kier molecular flexibility index (Phi) is 18.6. The standard InChI is InChI=1S/C24H22ClN5O.C16H11ClN2O2.C8H13N3.C2H6.ClH/c1-14-21(4-6-23(26)29-14)15(2)30-24(31)17-7-8-27-20(12-17)10-16-3-5-22-18(9-16)11-19(25)13-28-22;17-13-7-12-5-10(1-2-15(12)19-9-13)6-14-8-11(16(20)21)3-4-18-14;1-5-3-8(10)11-6(2)7(5)4-9;1-2;/h3-9,11-13,15H,10H2,1-2H3,(H2,26,29)(H,30,31);1-5,7-9H,6H2,(H,20,21);3H,4,9H2,1-2H3,(H2,10,11);1-2H3;1H/i;;;1D;. The lowest BCUT2D eigenvalue weighted by Gasteiger charge is -2.16. The average Bonchev–Trinajstić information content (AvgIpc) is 3.27. The van der Waals surface area contributed by atoms with Crippen LogP contribution in [0.4, 0.5) is 11.6 Å². The van der Waals surface area contributed by atoms with Gasteiger partial charge in [0.05, 0.1) is 32.7 Å². The Morgan fingerprint density at radius 3 is 1.73 bits per heavy atom. The summed E-state index contributed by atoms with van der Waals surface area (Å²) in [6.45, 7) is 10.5. The van der Waals surface area contributed by atoms with E-state index in [1.165, 1.54) is 12.3 Å². The molecule has 16 heteroatoms. The number of nitrogen functional groups attached to an aromatic ring is 2. The van der Waals surface area contributed by atoms with Crippen molar-refractivity contribution in [3.8, 4) is 0 Å². The van der Waals surface area contributed by atoms with Gasteiger partial charge in [0.2, 0.25) is 0 Å². The third-order valence-corrected chi connectivity index (χ3v) is 10.5. The first-order valence-corrected chi connectivity index (χ1v) is 21.3. The molecule has 0 bridgehead atoms. The molecule has 2 aromatic carbocycles. The van der Waals surface area contributed by atoms with Crippen molar-refractivity contribution in [1.29, 1.82) is 0 Å². The SMILES string of the molecule is Cc1cc(N)nc(C)c1CN.Cc1nc(N)ccc1C(C)NC(=O)c1ccnc(Cc2ccc3ncc(Cl)cc3c2)c1.Cl.O=C(O)c1ccnc(Cc2ccc3ncc(Cl)cc3c2)c1.[2H]CC. The maximum Gasteiger partial charge on any atom is 0.335 e. The minimum Gasteiger partial charge on any atom is -0.478 e. The van der Waals surface area contributed by atoms with Crippen molar-refractivity contribution in [2.24, 2.45) is 5.73 Å². The molecule has 0 aliphatic rings. The Morgan fingerprint density at radius 2 is 1.23 bits per heavy atom. The minimum atomic E-state index is -0.951. The molecular formula is C50H53Cl3N10O3. The lowest BCUT2D eigenvalue weighted by atomic mass is 10.0. The lowest BCUT2D eigenvalue weighted by Crippen LogP contribution is -2.27. The first-order valence-electron chi connectivity index (χ1n) is 21.2. The molecule has 1 amide bonds. The average molecular weight is 949 g/mol. The summed E-state index contributed by atoms with van der Waals surface area (Å²) in [5.74, 6) is -0.0856. The number of nitrogens with zero attached hydrogens (tertiary/aromatic N) is 6. The number of anilines is 2. The third kappa shape index (κ3) is 14.4. The van der Waals surface area contributed by atoms with Crippen LogP contribution in [0, 0.1) is 20.8 Å². The molecule has 8 aromatic rings. The molecule has 0 saturated heterocycles. The first kappa shape index (κ1) is 50.2. The molecule has 0 aliphatic heterocycles. The number of carbonyl (C=O) groups excluding carboxylic acids is 1. The highest BCUT2D eigenvalue weighted by Gasteiger charge is 2.15. The molecule has 0 aliphatic carbocycles. The topological polar surface area (TPSA) is 222 Å². The van der Waals surface area contributed by atoms with Crippen LogP contribution in [0.5, 0.6) is 0 Å². The number of rotatable bonds is 9. The fraction of sp³-hybridized carbons (Fsp3) is 0.200. The number of nitrogens with one attached hydrogen (secondary N) is 1. The van der Waals surface area contributed by atoms with E-state index < -0.39 is 5.97 Å². The monoisotopic (exact) mass is 947 g/mol. The second-order valence-electron chi connectivity index (χ2n) is 14.8. The fourth-order valence-electron chi connectivity index (χ4n) is 6.97. The number of hydrogen-bond acceptors (Lipinski definition) is 11. The van der Waals surface area contributed by atoms with E-state index in [0.29, 0.717) is 59.2 Å². The summed E-state index contributed by atoms with van der Waals surface area (Å²) in [6.07, 6.45) is 7.57. The van der Waals surface area contributed by atoms with Crippen LogP contribution in [0.2, 0.25) is 10.0 Å². The van der Waals surface area contributed by atoms with E-state index in [1.807, 2.05) is 94.4 Å². The van der Waals surface area contributed by atoms with Crippen LogP contribution in [0.25, 0.3) is 21.8 Å². The number of hydrogen-bond donors (Lipinski definition) is 5. The number of carboxylic acid groups (broad SMARTS) is 1. The molecule has 0 radical (unpaired) electrons. The van der Waals surface area contributed by atoms with Crippen molar-refractivity contribution in [3.05, 3.63) is 188 Å². The van der Waals surface area contributed by atoms with Gasteiger partial charge in [-0.15, -0.1) is 12.4 Å². The van der Waals surface area contributed by atoms with Crippen molar-refractivity contribution in [2.75, 3.05) is 11.5 Å². The maximum atomic E-state index is 12.8. The van der Waals surface area contributed by atoms with Gasteiger partial charge in [-0.05, 0) is 128 Å². The highest BCUT2D eigenvalue weighted by Crippen LogP contribution is 2.23. The zero-order chi connectivity index (χ0) is 47.9. The van der Waals surface area contributed by atoms with E-state index >= 15 is 0 Å². The number of halogens is 3. The van der Waals surface area contributed by atoms with E-state index in [4.69, 9.17) is 46.9 Å². The maximum absolute atomic E-state index is 12.8. The zero-order valence-corrected chi connectivity index (χ0v) is 39.5. The quantitative estimate of drug-likeness (QED) is 0.0912. The van der Waals surface area contributed by atoms with E-state index in [0.717, 1.165) is 66.7 Å². The largest absolute Gasteiger partial charge is 0.478 e. The van der Waals surface area contributed by atoms with Crippen LogP contribution in [0.15, 0.2) is 116 Å². The number of aromatic carboxylic acids is 1. The van der Waals surface area contributed by atoms with Gasteiger partial charge in [0.25, 0.3) is 5.91 Å². The van der Waals surface area contributed by atoms with Gasteiger partial charge in [-0.2, -0.15) is 0 Å². The molecule has 6 aromatic heterocycles. The summed E-state index contributed by atoms with van der Waals surface area (Å²) in [7, 11) is 0. The zero-order valence-electron chi connectivity index (χ0n) is 38.2. The summed E-state index contributed by atoms with van der Waals surface area (Å²) in [6, 6.07) is 27.5. The summed E-state index contributed by atoms with van der Waals surface area (Å²) in [5, 5.41) is 15.1. The number of carbonyl (C=O) groups is 2. The summed E-state index contributed by atoms with van der Waals surface area (Å²) in [5.41, 5.74) is 27.8. The van der Waals surface area contributed by atoms with Crippen LogP contribution < -0.4 is 22.5 Å². The Labute approximate surface area is 402 Å². The molecule has 6 heterocycles. The lowest BCUT2D eigenvalue weighted by molar-refractivity contribution is 0.0696. The van der Waals surface area contributed by atoms with Crippen LogP contribution in [-0.4, -0.2) is 46.9 Å². The Bertz CT molecular complexity index is 2960. The van der Waals surface area contributed by atoms with Gasteiger partial charge in [0.1, 0.15) is 11.6 Å². The highest BCUT2D eigenvalue weighted by molar-refractivity contribution is 6.31. The normalized spacial score (nSPS) is 11.0. The molecular weight excluding hydrogens is 895 g/mol. The summed E-state index contributed by atoms with van der Waals surface area (Å²) >= 11 is 12.0. The van der Waals surface area contributed by atoms with Crippen LogP contribution in [0.3, 0.4) is 0 Å². The number of benzene rings is 2. The molecule has 8 rings (SSSR count). The number of pyridine rings is 6. The predicted molar refractivity (Wildman–Crippen MR) is 268 cm³/mol. The van der Waals surface area contributed by atoms with E-state index in [2.05, 4.69) is 35.2 Å². The van der Waals surface area contributed by atoms with Gasteiger partial charge in [0, 0.05) is 84.7 Å². The van der Waals surface area contributed by atoms with Gasteiger partial charge >= 0.3 is 5.97 Å². The van der Waals surface area contributed by atoms with Crippen molar-refractivity contribution in [1.82, 2.24) is 35.2 Å². The van der Waals surface area contributed by atoms with E-state index in [-0.39, 0.29) is 29.9 Å². The fourth-order valence-corrected chi connectivity index (χ4v) is 7.31. The van der Waals surface area contributed by atoms with Crippen molar-refractivity contribution < 1.29 is 16.1 Å². The molecule has 0 fully saturated rings. The number of amides is 1. The molecule has 0 saturated carbocycles. The predicted octanol–water partition coefficient (Wildman–Crippen LogP) is 10.4. The second-order valence-corrected chi connectivity index (χ2v) is 15.7. The Morgan fingerprint density at radius 1 is 0.712 bits per heavy atom. The molecule has 342 valence electrons. The molecule has 66 heavy (non-hydrogen) atoms. The second kappa shape index (κ2) is 24.5.